The van der Waals surface area contributed by atoms with Crippen molar-refractivity contribution >= 4 is 17.7 Å². The van der Waals surface area contributed by atoms with Crippen molar-refractivity contribution in [2.24, 2.45) is 0 Å². The van der Waals surface area contributed by atoms with E-state index in [1.807, 2.05) is 0 Å². The molecule has 2 fully saturated rings. The van der Waals surface area contributed by atoms with Crippen LogP contribution in [0, 0.1) is 5.82 Å². The molecule has 1 atom stereocenters. The normalized spacial score (nSPS) is 35.0. The van der Waals surface area contributed by atoms with Gasteiger partial charge in [0.1, 0.15) is 24.2 Å². The number of benzene rings is 2. The highest BCUT2D eigenvalue weighted by molar-refractivity contribution is 6.05. The van der Waals surface area contributed by atoms with Crippen molar-refractivity contribution in [3.63, 3.8) is 0 Å². The van der Waals surface area contributed by atoms with E-state index in [2.05, 4.69) is 4.74 Å². The number of hydrogen-bond acceptors (Lipinski definition) is 6. The minimum Gasteiger partial charge on any atom is -0.488 e. The van der Waals surface area contributed by atoms with Gasteiger partial charge < -0.3 is 14.4 Å². The van der Waals surface area contributed by atoms with Crippen LogP contribution in [-0.4, -0.2) is 59.7 Å². The maximum Gasteiger partial charge on any atom is 0.255 e. The van der Waals surface area contributed by atoms with Gasteiger partial charge >= 0.3 is 0 Å². The third-order valence-electron chi connectivity index (χ3n) is 5.38. The number of nitrogens with one attached hydrogen (secondary N) is 1. The fourth-order valence-corrected chi connectivity index (χ4v) is 3.73. The first-order valence-corrected chi connectivity index (χ1v) is 10.1. The largest absolute Gasteiger partial charge is 0.488 e. The van der Waals surface area contributed by atoms with E-state index >= 15 is 4.39 Å². The molecular formula is C25H26FN3O5. The van der Waals surface area contributed by atoms with E-state index in [9.17, 15) is 14.4 Å². The third kappa shape index (κ3) is 4.53. The van der Waals surface area contributed by atoms with Crippen LogP contribution in [0.4, 0.5) is 4.39 Å². The second-order valence-electron chi connectivity index (χ2n) is 7.54. The maximum atomic E-state index is 15.2. The number of fused-ring (bicyclic) bond motifs is 1. The molecule has 178 valence electrons. The Morgan fingerprint density at radius 1 is 1.18 bits per heavy atom. The monoisotopic (exact) mass is 479 g/mol. The molecule has 34 heavy (non-hydrogen) atoms. The molecule has 2 aromatic rings. The van der Waals surface area contributed by atoms with Gasteiger partial charge in [-0.1, -0.05) is 18.2 Å². The number of morpholine rings is 1. The molecule has 0 saturated carbocycles. The molecule has 1 unspecified atom stereocenters. The first-order valence-electron chi connectivity index (χ1n) is 16.1. The van der Waals surface area contributed by atoms with Crippen LogP contribution >= 0.6 is 0 Å². The zero-order valence-corrected chi connectivity index (χ0v) is 17.5. The highest BCUT2D eigenvalue weighted by Crippen LogP contribution is 2.34. The second kappa shape index (κ2) is 9.52. The Labute approximate surface area is 213 Å². The summed E-state index contributed by atoms with van der Waals surface area (Å²) in [7, 11) is 0. The summed E-state index contributed by atoms with van der Waals surface area (Å²) in [6.07, 6.45) is -6.21. The second-order valence-corrected chi connectivity index (χ2v) is 7.54. The number of carbonyl (C=O) groups is 3. The Morgan fingerprint density at radius 2 is 2.00 bits per heavy atom. The topological polar surface area (TPSA) is 88.2 Å². The summed E-state index contributed by atoms with van der Waals surface area (Å²) in [6, 6.07) is 5.69. The molecule has 2 saturated heterocycles. The van der Waals surface area contributed by atoms with E-state index in [1.54, 1.807) is 5.32 Å². The molecule has 2 aromatic carbocycles. The molecule has 3 aliphatic heterocycles. The summed E-state index contributed by atoms with van der Waals surface area (Å²) in [5, 5.41) is 1.77. The first-order chi connectivity index (χ1) is 21.0. The number of hydrogen-bond donors (Lipinski definition) is 1. The molecule has 9 heteroatoms. The number of piperidine rings is 1. The first kappa shape index (κ1) is 12.4. The van der Waals surface area contributed by atoms with E-state index in [0.29, 0.717) is 0 Å². The van der Waals surface area contributed by atoms with Crippen molar-refractivity contribution in [3.8, 4) is 5.75 Å². The number of carbonyl (C=O) groups excluding carboxylic acids is 3. The zero-order valence-electron chi connectivity index (χ0n) is 29.5. The van der Waals surface area contributed by atoms with Crippen molar-refractivity contribution in [3.05, 3.63) is 64.5 Å². The van der Waals surface area contributed by atoms with Crippen LogP contribution in [0.1, 0.15) is 56.2 Å². The summed E-state index contributed by atoms with van der Waals surface area (Å²) >= 11 is 0. The highest BCUT2D eigenvalue weighted by Gasteiger charge is 2.40. The van der Waals surface area contributed by atoms with Gasteiger partial charge in [0.05, 0.1) is 25.1 Å². The van der Waals surface area contributed by atoms with Crippen LogP contribution in [0.15, 0.2) is 36.4 Å². The lowest BCUT2D eigenvalue weighted by atomic mass is 10.0. The fraction of sp³-hybridized carbons (Fsp3) is 0.400. The summed E-state index contributed by atoms with van der Waals surface area (Å²) < 4.78 is 121. The molecule has 5 rings (SSSR count). The Morgan fingerprint density at radius 3 is 2.79 bits per heavy atom. The number of ether oxygens (including phenoxy) is 2. The number of rotatable bonds is 6. The Balaban J connectivity index is 1.35. The third-order valence-corrected chi connectivity index (χ3v) is 5.38. The van der Waals surface area contributed by atoms with Crippen LogP contribution in [0.5, 0.6) is 5.75 Å². The molecule has 3 heterocycles. The highest BCUT2D eigenvalue weighted by atomic mass is 19.1. The lowest BCUT2D eigenvalue weighted by Crippen LogP contribution is -2.52. The zero-order chi connectivity index (χ0) is 34.4. The van der Waals surface area contributed by atoms with Crippen molar-refractivity contribution in [2.45, 2.75) is 38.5 Å². The van der Waals surface area contributed by atoms with E-state index in [4.69, 9.17) is 21.2 Å². The lowest BCUT2D eigenvalue weighted by Gasteiger charge is -2.29. The van der Waals surface area contributed by atoms with Gasteiger partial charge in [-0.2, -0.15) is 0 Å². The maximum absolute atomic E-state index is 15.2. The predicted molar refractivity (Wildman–Crippen MR) is 119 cm³/mol. The van der Waals surface area contributed by atoms with Crippen molar-refractivity contribution < 1.29 is 44.7 Å². The fourth-order valence-electron chi connectivity index (χ4n) is 3.73. The summed E-state index contributed by atoms with van der Waals surface area (Å²) in [6.45, 7) is -14.4. The van der Waals surface area contributed by atoms with Crippen molar-refractivity contribution in [2.75, 3.05) is 26.1 Å². The van der Waals surface area contributed by atoms with Gasteiger partial charge in [0.15, 0.2) is 0 Å². The van der Waals surface area contributed by atoms with Crippen LogP contribution in [0.25, 0.3) is 0 Å². The number of halogens is 1. The number of nitrogens with zero attached hydrogens (tertiary/aromatic N) is 2. The minimum absolute atomic E-state index is 0.0168. The lowest BCUT2D eigenvalue weighted by molar-refractivity contribution is -0.136. The van der Waals surface area contributed by atoms with Gasteiger partial charge in [-0.3, -0.25) is 24.6 Å². The standard InChI is InChI=1S/C25H26FN3O5/c26-20-12-16(13-28-8-10-33-11-9-28)4-5-17(20)15-34-22-3-1-2-18-19(22)14-29(25(18)32)21-6-7-23(30)27-24(21)31/h1-5,12,21H,6-11,13-15H2,(H,27,30,31)/i6D2,7D2,8D2,9D2,10D2,11D2. The van der Waals surface area contributed by atoms with Gasteiger partial charge in [-0.25, -0.2) is 4.39 Å². The SMILES string of the molecule is [2H]C1([2H])OC([2H])([2H])C([2H])([2H])N(Cc2ccc(COc3cccc4c3CN(C3C(=O)NC(=O)C([2H])([2H])C3([2H])[2H])C4=O)c(F)c2)C1([2H])[2H]. The predicted octanol–water partition coefficient (Wildman–Crippen LogP) is 2.00. The van der Waals surface area contributed by atoms with Gasteiger partial charge in [0, 0.05) is 53.6 Å². The molecule has 3 amide bonds. The summed E-state index contributed by atoms with van der Waals surface area (Å²) in [4.78, 5) is 38.9. The Hall–Kier alpha value is -3.30. The quantitative estimate of drug-likeness (QED) is 0.638. The molecular weight excluding hydrogens is 441 g/mol. The minimum atomic E-state index is -3.26. The van der Waals surface area contributed by atoms with Crippen LogP contribution < -0.4 is 10.1 Å². The molecule has 0 aliphatic carbocycles. The number of amides is 3. The van der Waals surface area contributed by atoms with Crippen molar-refractivity contribution in [1.29, 1.82) is 0 Å². The Bertz CT molecular complexity index is 1610. The molecule has 8 nitrogen and oxygen atoms in total. The van der Waals surface area contributed by atoms with Crippen LogP contribution in [0.3, 0.4) is 0 Å². The van der Waals surface area contributed by atoms with E-state index in [0.717, 1.165) is 11.0 Å². The molecule has 0 spiro atoms. The molecule has 1 N–H and O–H groups in total. The summed E-state index contributed by atoms with van der Waals surface area (Å²) in [5.74, 6) is -4.30. The Kier molecular flexibility index (Phi) is 3.48. The average Bonchev–Trinajstić information content (AvgIpc) is 3.25. The van der Waals surface area contributed by atoms with Gasteiger partial charge in [0.25, 0.3) is 5.91 Å². The molecule has 3 aliphatic rings. The van der Waals surface area contributed by atoms with E-state index in [-0.39, 0.29) is 32.9 Å². The average molecular weight is 480 g/mol. The van der Waals surface area contributed by atoms with Crippen LogP contribution in [0.2, 0.25) is 0 Å². The van der Waals surface area contributed by atoms with Gasteiger partial charge in [0.2, 0.25) is 11.8 Å². The van der Waals surface area contributed by atoms with Crippen molar-refractivity contribution in [1.82, 2.24) is 15.1 Å². The number of imide groups is 1. The molecule has 0 bridgehead atoms. The summed E-state index contributed by atoms with van der Waals surface area (Å²) in [5.41, 5.74) is 0.146. The molecule has 0 radical (unpaired) electrons. The van der Waals surface area contributed by atoms with E-state index in [1.165, 1.54) is 30.3 Å². The van der Waals surface area contributed by atoms with Gasteiger partial charge in [-0.15, -0.1) is 0 Å². The molecule has 0 aromatic heterocycles. The van der Waals surface area contributed by atoms with Gasteiger partial charge in [-0.05, 0) is 30.1 Å². The van der Waals surface area contributed by atoms with E-state index < -0.39 is 88.1 Å². The smallest absolute Gasteiger partial charge is 0.255 e. The van der Waals surface area contributed by atoms with Crippen LogP contribution in [-0.2, 0) is 34.0 Å².